The van der Waals surface area contributed by atoms with Crippen LogP contribution in [0.5, 0.6) is 5.75 Å². The third-order valence-electron chi connectivity index (χ3n) is 6.89. The minimum atomic E-state index is -0.704. The number of benzene rings is 3. The fourth-order valence-electron chi connectivity index (χ4n) is 4.68. The second-order valence-corrected chi connectivity index (χ2v) is 10.9. The summed E-state index contributed by atoms with van der Waals surface area (Å²) < 4.78 is 14.5. The summed E-state index contributed by atoms with van der Waals surface area (Å²) in [6.45, 7) is -0.0376. The quantitative estimate of drug-likeness (QED) is 0.202. The van der Waals surface area contributed by atoms with Crippen LogP contribution >= 0.6 is 11.8 Å². The van der Waals surface area contributed by atoms with Crippen LogP contribution < -0.4 is 5.32 Å². The minimum Gasteiger partial charge on any atom is -0.508 e. The van der Waals surface area contributed by atoms with E-state index in [1.165, 1.54) is 18.0 Å². The van der Waals surface area contributed by atoms with Crippen molar-refractivity contribution in [1.82, 2.24) is 25.2 Å². The molecule has 6 rings (SSSR count). The van der Waals surface area contributed by atoms with Crippen LogP contribution in [0.3, 0.4) is 0 Å². The molecule has 43 heavy (non-hydrogen) atoms. The van der Waals surface area contributed by atoms with Gasteiger partial charge in [0.15, 0.2) is 6.29 Å². The van der Waals surface area contributed by atoms with Crippen LogP contribution in [-0.2, 0) is 16.1 Å². The van der Waals surface area contributed by atoms with Crippen molar-refractivity contribution in [2.75, 3.05) is 11.1 Å². The van der Waals surface area contributed by atoms with Gasteiger partial charge in [-0.15, -0.1) is 5.10 Å². The van der Waals surface area contributed by atoms with Gasteiger partial charge in [0.05, 0.1) is 30.1 Å². The third-order valence-corrected chi connectivity index (χ3v) is 7.94. The minimum absolute atomic E-state index is 0.0376. The maximum atomic E-state index is 12.7. The number of thioether (sulfide) groups is 1. The molecule has 0 spiro atoms. The van der Waals surface area contributed by atoms with Crippen molar-refractivity contribution in [2.45, 2.75) is 36.7 Å². The number of hydrogen-bond acceptors (Lipinski definition) is 10. The Bertz CT molecular complexity index is 1670. The van der Waals surface area contributed by atoms with Crippen molar-refractivity contribution in [3.63, 3.8) is 0 Å². The number of aliphatic hydroxyl groups is 1. The number of aliphatic hydroxyl groups excluding tert-OH is 1. The zero-order valence-electron chi connectivity index (χ0n) is 22.9. The highest BCUT2D eigenvalue weighted by atomic mass is 32.2. The lowest BCUT2D eigenvalue weighted by Gasteiger charge is -2.36. The summed E-state index contributed by atoms with van der Waals surface area (Å²) in [5.74, 6) is 0.436. The van der Waals surface area contributed by atoms with E-state index in [4.69, 9.17) is 9.47 Å². The molecule has 0 bridgehead atoms. The van der Waals surface area contributed by atoms with Crippen LogP contribution in [0.4, 0.5) is 5.69 Å². The first-order chi connectivity index (χ1) is 21.1. The Morgan fingerprint density at radius 1 is 1.00 bits per heavy atom. The maximum absolute atomic E-state index is 12.7. The second-order valence-electron chi connectivity index (χ2n) is 9.87. The van der Waals surface area contributed by atoms with Crippen LogP contribution in [0.15, 0.2) is 102 Å². The maximum Gasteiger partial charge on any atom is 0.257 e. The summed E-state index contributed by atoms with van der Waals surface area (Å²) in [5, 5.41) is 34.8. The first kappa shape index (κ1) is 28.5. The average Bonchev–Trinajstić information content (AvgIpc) is 3.53. The van der Waals surface area contributed by atoms with Gasteiger partial charge in [-0.1, -0.05) is 48.2 Å². The van der Waals surface area contributed by atoms with Gasteiger partial charge in [0.25, 0.3) is 5.91 Å². The standard InChI is InChI=1S/C31H28N6O5S/c38-18-20-6-8-21(9-7-20)28-16-27(19-43-31-34-35-36-37(31)25-10-12-26(39)13-11-25)41-30(42-28)22-3-1-5-24(15-22)33-29(40)23-4-2-14-32-17-23/h1-15,17,27-28,30,38-39H,16,18-19H2,(H,33,40). The van der Waals surface area contributed by atoms with E-state index >= 15 is 0 Å². The van der Waals surface area contributed by atoms with Crippen molar-refractivity contribution in [3.05, 3.63) is 120 Å². The fraction of sp³-hybridized carbons (Fsp3) is 0.194. The van der Waals surface area contributed by atoms with E-state index in [0.717, 1.165) is 22.4 Å². The largest absolute Gasteiger partial charge is 0.508 e. The first-order valence-electron chi connectivity index (χ1n) is 13.6. The lowest BCUT2D eigenvalue weighted by molar-refractivity contribution is -0.245. The molecule has 1 saturated heterocycles. The Balaban J connectivity index is 1.22. The Morgan fingerprint density at radius 3 is 2.60 bits per heavy atom. The molecule has 5 aromatic rings. The van der Waals surface area contributed by atoms with Crippen molar-refractivity contribution in [3.8, 4) is 11.4 Å². The molecular formula is C31H28N6O5S. The van der Waals surface area contributed by atoms with Gasteiger partial charge < -0.3 is 25.0 Å². The van der Waals surface area contributed by atoms with E-state index in [1.54, 1.807) is 47.3 Å². The first-order valence-corrected chi connectivity index (χ1v) is 14.6. The molecule has 218 valence electrons. The molecule has 0 aliphatic carbocycles. The molecule has 3 atom stereocenters. The zero-order valence-corrected chi connectivity index (χ0v) is 23.7. The number of tetrazole rings is 1. The number of aromatic nitrogens is 5. The Kier molecular flexibility index (Phi) is 8.70. The summed E-state index contributed by atoms with van der Waals surface area (Å²) in [7, 11) is 0. The summed E-state index contributed by atoms with van der Waals surface area (Å²) in [6, 6.07) is 25.1. The topological polar surface area (TPSA) is 145 Å². The SMILES string of the molecule is O=C(Nc1cccc(C2OC(CSc3nnnn3-c3ccc(O)cc3)CC(c3ccc(CO)cc3)O2)c1)c1cccnc1. The number of pyridine rings is 1. The molecule has 0 radical (unpaired) electrons. The lowest BCUT2D eigenvalue weighted by atomic mass is 10.0. The number of ether oxygens (including phenoxy) is 2. The molecule has 3 unspecified atom stereocenters. The van der Waals surface area contributed by atoms with Gasteiger partial charge in [-0.05, 0) is 70.1 Å². The van der Waals surface area contributed by atoms with E-state index in [-0.39, 0.29) is 30.5 Å². The fourth-order valence-corrected chi connectivity index (χ4v) is 5.59. The monoisotopic (exact) mass is 596 g/mol. The Morgan fingerprint density at radius 2 is 1.84 bits per heavy atom. The Hall–Kier alpha value is -4.62. The van der Waals surface area contributed by atoms with E-state index < -0.39 is 6.29 Å². The van der Waals surface area contributed by atoms with E-state index in [1.807, 2.05) is 48.5 Å². The van der Waals surface area contributed by atoms with Crippen molar-refractivity contribution < 1.29 is 24.5 Å². The predicted octanol–water partition coefficient (Wildman–Crippen LogP) is 4.85. The molecule has 3 N–H and O–H groups in total. The molecule has 2 aromatic heterocycles. The molecule has 3 aromatic carbocycles. The second kappa shape index (κ2) is 13.1. The van der Waals surface area contributed by atoms with E-state index in [2.05, 4.69) is 25.8 Å². The summed E-state index contributed by atoms with van der Waals surface area (Å²) in [4.78, 5) is 16.7. The molecular weight excluding hydrogens is 568 g/mol. The number of phenolic OH excluding ortho intramolecular Hbond substituents is 1. The van der Waals surface area contributed by atoms with Crippen LogP contribution in [0.25, 0.3) is 5.69 Å². The van der Waals surface area contributed by atoms with Gasteiger partial charge in [-0.25, -0.2) is 0 Å². The van der Waals surface area contributed by atoms with Gasteiger partial charge in [-0.3, -0.25) is 9.78 Å². The number of nitrogens with zero attached hydrogens (tertiary/aromatic N) is 5. The van der Waals surface area contributed by atoms with Gasteiger partial charge in [-0.2, -0.15) is 4.68 Å². The molecule has 1 fully saturated rings. The highest BCUT2D eigenvalue weighted by Gasteiger charge is 2.33. The number of carbonyl (C=O) groups is 1. The highest BCUT2D eigenvalue weighted by Crippen LogP contribution is 2.40. The van der Waals surface area contributed by atoms with Crippen molar-refractivity contribution in [2.24, 2.45) is 0 Å². The molecule has 11 nitrogen and oxygen atoms in total. The number of rotatable bonds is 9. The molecule has 1 aliphatic rings. The molecule has 1 aliphatic heterocycles. The summed E-state index contributed by atoms with van der Waals surface area (Å²) in [5.41, 5.74) is 4.32. The number of hydrogen-bond donors (Lipinski definition) is 3. The highest BCUT2D eigenvalue weighted by molar-refractivity contribution is 7.99. The summed E-state index contributed by atoms with van der Waals surface area (Å²) >= 11 is 1.46. The van der Waals surface area contributed by atoms with E-state index in [0.29, 0.717) is 28.6 Å². The lowest BCUT2D eigenvalue weighted by Crippen LogP contribution is -2.31. The smallest absolute Gasteiger partial charge is 0.257 e. The number of aromatic hydroxyl groups is 1. The van der Waals surface area contributed by atoms with Gasteiger partial charge >= 0.3 is 0 Å². The Labute approximate surface area is 251 Å². The van der Waals surface area contributed by atoms with Crippen LogP contribution in [0, 0.1) is 0 Å². The summed E-state index contributed by atoms with van der Waals surface area (Å²) in [6.07, 6.45) is 2.50. The van der Waals surface area contributed by atoms with Gasteiger partial charge in [0.2, 0.25) is 5.16 Å². The van der Waals surface area contributed by atoms with Crippen LogP contribution in [0.1, 0.15) is 45.9 Å². The van der Waals surface area contributed by atoms with Crippen molar-refractivity contribution in [1.29, 1.82) is 0 Å². The van der Waals surface area contributed by atoms with Gasteiger partial charge in [0, 0.05) is 35.8 Å². The third kappa shape index (κ3) is 6.89. The molecule has 12 heteroatoms. The zero-order chi connectivity index (χ0) is 29.6. The molecule has 1 amide bonds. The average molecular weight is 597 g/mol. The van der Waals surface area contributed by atoms with Gasteiger partial charge in [0.1, 0.15) is 5.75 Å². The molecule has 3 heterocycles. The number of anilines is 1. The van der Waals surface area contributed by atoms with E-state index in [9.17, 15) is 15.0 Å². The van der Waals surface area contributed by atoms with Crippen LogP contribution in [0.2, 0.25) is 0 Å². The number of amides is 1. The number of carbonyl (C=O) groups excluding carboxylic acids is 1. The number of nitrogens with one attached hydrogen (secondary N) is 1. The normalized spacial score (nSPS) is 18.3. The predicted molar refractivity (Wildman–Crippen MR) is 159 cm³/mol. The van der Waals surface area contributed by atoms with Crippen molar-refractivity contribution >= 4 is 23.4 Å². The number of phenols is 1. The molecule has 0 saturated carbocycles. The van der Waals surface area contributed by atoms with Crippen LogP contribution in [-0.4, -0.2) is 53.2 Å².